The Bertz CT molecular complexity index is 1030. The summed E-state index contributed by atoms with van der Waals surface area (Å²) in [7, 11) is 1.54. The van der Waals surface area contributed by atoms with Crippen LogP contribution in [0, 0.1) is 28.2 Å². The highest BCUT2D eigenvalue weighted by Crippen LogP contribution is 2.40. The van der Waals surface area contributed by atoms with Gasteiger partial charge >= 0.3 is 0 Å². The van der Waals surface area contributed by atoms with Gasteiger partial charge in [0.25, 0.3) is 0 Å². The molecule has 11 heteroatoms. The lowest BCUT2D eigenvalue weighted by atomic mass is 9.90. The molecule has 2 aromatic rings. The minimum absolute atomic E-state index is 0.0557. The molecular formula is C21H21BrF3N3O4. The van der Waals surface area contributed by atoms with Gasteiger partial charge in [-0.25, -0.2) is 17.9 Å². The highest BCUT2D eigenvalue weighted by Gasteiger charge is 2.52. The van der Waals surface area contributed by atoms with Crippen LogP contribution >= 0.6 is 15.9 Å². The van der Waals surface area contributed by atoms with Crippen LogP contribution in [0.5, 0.6) is 0 Å². The Morgan fingerprint density at radius 1 is 1.28 bits per heavy atom. The summed E-state index contributed by atoms with van der Waals surface area (Å²) < 4.78 is 66.2. The van der Waals surface area contributed by atoms with Gasteiger partial charge in [-0.15, -0.1) is 5.10 Å². The highest BCUT2D eigenvalue weighted by molar-refractivity contribution is 9.12. The average molecular weight is 516 g/mol. The molecule has 2 saturated heterocycles. The summed E-state index contributed by atoms with van der Waals surface area (Å²) in [5, 5.41) is 8.22. The van der Waals surface area contributed by atoms with E-state index in [4.69, 9.17) is 18.9 Å². The molecular weight excluding hydrogens is 495 g/mol. The number of methoxy groups -OCH3 is 1. The van der Waals surface area contributed by atoms with Crippen molar-refractivity contribution in [2.24, 2.45) is 0 Å². The van der Waals surface area contributed by atoms with E-state index in [0.29, 0.717) is 13.0 Å². The molecule has 32 heavy (non-hydrogen) atoms. The number of halogens is 4. The van der Waals surface area contributed by atoms with Crippen molar-refractivity contribution in [2.75, 3.05) is 13.7 Å². The van der Waals surface area contributed by atoms with Crippen molar-refractivity contribution in [1.29, 1.82) is 0 Å². The van der Waals surface area contributed by atoms with Gasteiger partial charge < -0.3 is 18.9 Å². The Balaban J connectivity index is 1.73. The Hall–Kier alpha value is -1.97. The van der Waals surface area contributed by atoms with Crippen molar-refractivity contribution in [2.45, 2.75) is 56.5 Å². The molecule has 0 bridgehead atoms. The molecule has 3 heterocycles. The number of hydrogen-bond donors (Lipinski definition) is 0. The zero-order valence-corrected chi connectivity index (χ0v) is 19.1. The molecule has 2 aliphatic heterocycles. The van der Waals surface area contributed by atoms with Crippen molar-refractivity contribution < 1.29 is 32.1 Å². The van der Waals surface area contributed by atoms with E-state index in [1.54, 1.807) is 21.0 Å². The van der Waals surface area contributed by atoms with E-state index in [9.17, 15) is 13.2 Å². The minimum Gasteiger partial charge on any atom is -0.376 e. The molecule has 5 atom stereocenters. The molecule has 0 saturated carbocycles. The average Bonchev–Trinajstić information content (AvgIpc) is 3.24. The van der Waals surface area contributed by atoms with E-state index in [1.165, 1.54) is 10.9 Å². The number of aromatic nitrogens is 3. The molecule has 172 valence electrons. The van der Waals surface area contributed by atoms with E-state index in [-0.39, 0.29) is 11.3 Å². The summed E-state index contributed by atoms with van der Waals surface area (Å²) in [6, 6.07) is 1.24. The molecule has 0 N–H and O–H groups in total. The lowest BCUT2D eigenvalue weighted by Gasteiger charge is -2.50. The van der Waals surface area contributed by atoms with Crippen molar-refractivity contribution >= 4 is 15.9 Å². The second kappa shape index (κ2) is 9.11. The maximum absolute atomic E-state index is 13.7. The van der Waals surface area contributed by atoms with Gasteiger partial charge in [0.1, 0.15) is 30.0 Å². The van der Waals surface area contributed by atoms with Crippen LogP contribution in [0.15, 0.2) is 18.3 Å². The lowest BCUT2D eigenvalue weighted by Crippen LogP contribution is -2.62. The molecule has 2 fully saturated rings. The second-order valence-electron chi connectivity index (χ2n) is 8.01. The number of benzene rings is 1. The van der Waals surface area contributed by atoms with E-state index < -0.39 is 53.7 Å². The smallest absolute Gasteiger partial charge is 0.194 e. The third-order valence-corrected chi connectivity index (χ3v) is 5.79. The van der Waals surface area contributed by atoms with Crippen LogP contribution in [0.3, 0.4) is 0 Å². The van der Waals surface area contributed by atoms with Gasteiger partial charge in [-0.1, -0.05) is 11.1 Å². The van der Waals surface area contributed by atoms with E-state index in [0.717, 1.165) is 12.1 Å². The monoisotopic (exact) mass is 515 g/mol. The van der Waals surface area contributed by atoms with E-state index >= 15 is 0 Å². The normalized spacial score (nSPS) is 29.2. The Labute approximate surface area is 191 Å². The van der Waals surface area contributed by atoms with Gasteiger partial charge in [-0.05, 0) is 30.8 Å². The molecule has 1 aromatic heterocycles. The lowest BCUT2D eigenvalue weighted by molar-refractivity contribution is -0.349. The summed E-state index contributed by atoms with van der Waals surface area (Å²) in [5.41, 5.74) is 0.226. The quantitative estimate of drug-likeness (QED) is 0.458. The molecule has 0 unspecified atom stereocenters. The van der Waals surface area contributed by atoms with Crippen LogP contribution in [-0.4, -0.2) is 58.9 Å². The fourth-order valence-corrected chi connectivity index (χ4v) is 4.25. The predicted molar refractivity (Wildman–Crippen MR) is 110 cm³/mol. The third kappa shape index (κ3) is 4.43. The molecule has 0 spiro atoms. The second-order valence-corrected chi connectivity index (χ2v) is 8.41. The van der Waals surface area contributed by atoms with Gasteiger partial charge in [-0.3, -0.25) is 0 Å². The Kier molecular flexibility index (Phi) is 6.61. The standard InChI is InChI=1S/C21H21BrF3N3O4/c1-21(2)30-10-16-20(32-21)18(19(29-3)15(31-16)5-4-6-22)28-9-14(26-27-28)11-7-12(23)17(25)13(24)8-11/h7-9,15-16,18-20H,5,10H2,1-3H3/t15-,16-,18-,19+,20+/m1/s1. The Morgan fingerprint density at radius 3 is 2.66 bits per heavy atom. The summed E-state index contributed by atoms with van der Waals surface area (Å²) in [5.74, 6) is -2.09. The van der Waals surface area contributed by atoms with Crippen LogP contribution in [-0.2, 0) is 18.9 Å². The molecule has 0 aliphatic carbocycles. The zero-order chi connectivity index (χ0) is 23.0. The van der Waals surface area contributed by atoms with Gasteiger partial charge in [0.15, 0.2) is 23.2 Å². The maximum Gasteiger partial charge on any atom is 0.194 e. The number of rotatable bonds is 4. The van der Waals surface area contributed by atoms with Crippen LogP contribution in [0.1, 0.15) is 26.3 Å². The maximum atomic E-state index is 13.7. The number of ether oxygens (including phenoxy) is 4. The molecule has 0 amide bonds. The first kappa shape index (κ1) is 23.2. The van der Waals surface area contributed by atoms with Crippen molar-refractivity contribution in [3.8, 4) is 22.0 Å². The number of fused-ring (bicyclic) bond motifs is 1. The van der Waals surface area contributed by atoms with Gasteiger partial charge in [-0.2, -0.15) is 0 Å². The first-order valence-electron chi connectivity index (χ1n) is 9.89. The van der Waals surface area contributed by atoms with Crippen molar-refractivity contribution in [3.05, 3.63) is 35.8 Å². The number of hydrogen-bond acceptors (Lipinski definition) is 6. The summed E-state index contributed by atoms with van der Waals surface area (Å²) in [4.78, 5) is 2.67. The van der Waals surface area contributed by atoms with Gasteiger partial charge in [0.2, 0.25) is 0 Å². The van der Waals surface area contributed by atoms with Crippen LogP contribution in [0.25, 0.3) is 11.3 Å². The molecule has 2 aliphatic rings. The summed E-state index contributed by atoms with van der Waals surface area (Å²) in [6.07, 6.45) is 0.0309. The van der Waals surface area contributed by atoms with Gasteiger partial charge in [0.05, 0.1) is 18.9 Å². The fourth-order valence-electron chi connectivity index (χ4n) is 4.08. The molecule has 4 rings (SSSR count). The molecule has 1 aromatic carbocycles. The minimum atomic E-state index is -1.54. The van der Waals surface area contributed by atoms with Gasteiger partial charge in [0, 0.05) is 35.0 Å². The fraction of sp³-hybridized carbons (Fsp3) is 0.524. The third-order valence-electron chi connectivity index (χ3n) is 5.51. The van der Waals surface area contributed by atoms with E-state index in [1.807, 2.05) is 0 Å². The molecule has 7 nitrogen and oxygen atoms in total. The van der Waals surface area contributed by atoms with Crippen molar-refractivity contribution in [3.63, 3.8) is 0 Å². The Morgan fingerprint density at radius 2 is 2.00 bits per heavy atom. The highest BCUT2D eigenvalue weighted by atomic mass is 79.9. The van der Waals surface area contributed by atoms with Crippen LogP contribution in [0.4, 0.5) is 13.2 Å². The van der Waals surface area contributed by atoms with E-state index in [2.05, 4.69) is 37.0 Å². The summed E-state index contributed by atoms with van der Waals surface area (Å²) >= 11 is 3.09. The SMILES string of the molecule is CO[C@@H]1[C@@H](n2cc(-c3cc(F)c(F)c(F)c3)nn2)[C@H]2OC(C)(C)OC[C@H]2O[C@@H]1CC#CBr. The van der Waals surface area contributed by atoms with Crippen LogP contribution in [0.2, 0.25) is 0 Å². The zero-order valence-electron chi connectivity index (χ0n) is 17.5. The summed E-state index contributed by atoms with van der Waals surface area (Å²) in [6.45, 7) is 3.88. The van der Waals surface area contributed by atoms with Crippen LogP contribution < -0.4 is 0 Å². The topological polar surface area (TPSA) is 67.6 Å². The number of nitrogens with zero attached hydrogens (tertiary/aromatic N) is 3. The predicted octanol–water partition coefficient (Wildman–Crippen LogP) is 3.58. The van der Waals surface area contributed by atoms with Crippen molar-refractivity contribution in [1.82, 2.24) is 15.0 Å². The molecule has 0 radical (unpaired) electrons. The first-order chi connectivity index (χ1) is 15.2. The largest absolute Gasteiger partial charge is 0.376 e. The first-order valence-corrected chi connectivity index (χ1v) is 10.7.